The van der Waals surface area contributed by atoms with Crippen LogP contribution in [0, 0.1) is 5.82 Å². The third-order valence-corrected chi connectivity index (χ3v) is 3.69. The molecule has 0 atom stereocenters. The lowest BCUT2D eigenvalue weighted by molar-refractivity contribution is 0.410. The van der Waals surface area contributed by atoms with Crippen molar-refractivity contribution in [3.8, 4) is 5.75 Å². The molecule has 21 heavy (non-hydrogen) atoms. The van der Waals surface area contributed by atoms with Crippen LogP contribution in [0.2, 0.25) is 0 Å². The molecule has 3 rings (SSSR count). The van der Waals surface area contributed by atoms with E-state index in [1.807, 2.05) is 35.0 Å². The van der Waals surface area contributed by atoms with Gasteiger partial charge in [-0.15, -0.1) is 0 Å². The van der Waals surface area contributed by atoms with Gasteiger partial charge in [0.15, 0.2) is 0 Å². The van der Waals surface area contributed by atoms with Gasteiger partial charge in [0.25, 0.3) is 0 Å². The number of nitrogens with two attached hydrogens (primary N) is 1. The van der Waals surface area contributed by atoms with E-state index in [0.29, 0.717) is 24.4 Å². The van der Waals surface area contributed by atoms with Crippen molar-refractivity contribution in [2.75, 3.05) is 7.11 Å². The van der Waals surface area contributed by atoms with Crippen molar-refractivity contribution < 1.29 is 9.13 Å². The van der Waals surface area contributed by atoms with Gasteiger partial charge >= 0.3 is 0 Å². The van der Waals surface area contributed by atoms with Crippen LogP contribution in [-0.4, -0.2) is 11.7 Å². The molecule has 4 heteroatoms. The molecule has 108 valence electrons. The van der Waals surface area contributed by atoms with Gasteiger partial charge in [-0.25, -0.2) is 4.39 Å². The van der Waals surface area contributed by atoms with Crippen LogP contribution in [0.15, 0.2) is 48.7 Å². The highest BCUT2D eigenvalue weighted by molar-refractivity contribution is 5.83. The highest BCUT2D eigenvalue weighted by Gasteiger charge is 2.09. The van der Waals surface area contributed by atoms with E-state index in [1.165, 1.54) is 13.2 Å². The fourth-order valence-corrected chi connectivity index (χ4v) is 2.60. The van der Waals surface area contributed by atoms with Crippen molar-refractivity contribution >= 4 is 10.9 Å². The number of para-hydroxylation sites is 1. The number of hydrogen-bond acceptors (Lipinski definition) is 2. The zero-order valence-corrected chi connectivity index (χ0v) is 11.8. The molecule has 2 aromatic carbocycles. The van der Waals surface area contributed by atoms with Crippen molar-refractivity contribution in [3.63, 3.8) is 0 Å². The Balaban J connectivity index is 2.02. The molecule has 1 heterocycles. The lowest BCUT2D eigenvalue weighted by Gasteiger charge is -2.10. The third-order valence-electron chi connectivity index (χ3n) is 3.69. The van der Waals surface area contributed by atoms with Crippen molar-refractivity contribution in [1.29, 1.82) is 0 Å². The molecule has 1 aromatic heterocycles. The number of rotatable bonds is 4. The molecule has 0 aliphatic carbocycles. The number of methoxy groups -OCH3 is 1. The minimum absolute atomic E-state index is 0.263. The first-order valence-corrected chi connectivity index (χ1v) is 6.82. The van der Waals surface area contributed by atoms with Crippen LogP contribution in [-0.2, 0) is 13.1 Å². The molecular formula is C17H17FN2O. The van der Waals surface area contributed by atoms with Crippen molar-refractivity contribution in [1.82, 2.24) is 4.57 Å². The average Bonchev–Trinajstić information content (AvgIpc) is 2.92. The fraction of sp³-hybridized carbons (Fsp3) is 0.176. The van der Waals surface area contributed by atoms with Crippen LogP contribution in [0.3, 0.4) is 0 Å². The van der Waals surface area contributed by atoms with E-state index < -0.39 is 0 Å². The van der Waals surface area contributed by atoms with Crippen LogP contribution < -0.4 is 10.5 Å². The molecule has 0 bridgehead atoms. The first-order valence-electron chi connectivity index (χ1n) is 6.82. The van der Waals surface area contributed by atoms with Crippen LogP contribution >= 0.6 is 0 Å². The summed E-state index contributed by atoms with van der Waals surface area (Å²) in [5.74, 6) is 0.262. The van der Waals surface area contributed by atoms with Gasteiger partial charge in [0.1, 0.15) is 11.6 Å². The maximum Gasteiger partial charge on any atom is 0.131 e. The van der Waals surface area contributed by atoms with Gasteiger partial charge in [-0.1, -0.05) is 24.3 Å². The predicted octanol–water partition coefficient (Wildman–Crippen LogP) is 3.30. The quantitative estimate of drug-likeness (QED) is 0.798. The molecule has 0 spiro atoms. The van der Waals surface area contributed by atoms with E-state index in [9.17, 15) is 4.39 Å². The number of aromatic nitrogens is 1. The highest BCUT2D eigenvalue weighted by Crippen LogP contribution is 2.23. The van der Waals surface area contributed by atoms with Gasteiger partial charge in [0.05, 0.1) is 19.2 Å². The van der Waals surface area contributed by atoms with Crippen molar-refractivity contribution in [3.05, 3.63) is 65.6 Å². The zero-order valence-electron chi connectivity index (χ0n) is 11.8. The lowest BCUT2D eigenvalue weighted by atomic mass is 10.1. The summed E-state index contributed by atoms with van der Waals surface area (Å²) in [7, 11) is 1.53. The summed E-state index contributed by atoms with van der Waals surface area (Å²) in [6.07, 6.45) is 1.97. The Bertz CT molecular complexity index is 780. The topological polar surface area (TPSA) is 40.2 Å². The van der Waals surface area contributed by atoms with Crippen molar-refractivity contribution in [2.45, 2.75) is 13.1 Å². The van der Waals surface area contributed by atoms with Gasteiger partial charge in [-0.3, -0.25) is 0 Å². The molecule has 0 unspecified atom stereocenters. The van der Waals surface area contributed by atoms with E-state index >= 15 is 0 Å². The van der Waals surface area contributed by atoms with Crippen LogP contribution in [0.4, 0.5) is 4.39 Å². The number of nitrogens with zero attached hydrogens (tertiary/aromatic N) is 1. The summed E-state index contributed by atoms with van der Waals surface area (Å²) in [6.45, 7) is 0.933. The molecule has 3 aromatic rings. The number of ether oxygens (including phenoxy) is 1. The molecule has 0 amide bonds. The lowest BCUT2D eigenvalue weighted by Crippen LogP contribution is -2.05. The molecular weight excluding hydrogens is 267 g/mol. The summed E-state index contributed by atoms with van der Waals surface area (Å²) in [6, 6.07) is 13.0. The Hall–Kier alpha value is -2.33. The largest absolute Gasteiger partial charge is 0.497 e. The second-order valence-corrected chi connectivity index (χ2v) is 4.96. The van der Waals surface area contributed by atoms with E-state index in [2.05, 4.69) is 0 Å². The Morgan fingerprint density at radius 2 is 2.00 bits per heavy atom. The number of benzene rings is 2. The van der Waals surface area contributed by atoms with E-state index in [-0.39, 0.29) is 5.82 Å². The first-order chi connectivity index (χ1) is 10.2. The van der Waals surface area contributed by atoms with Gasteiger partial charge < -0.3 is 15.0 Å². The SMILES string of the molecule is COc1ccc(Cn2ccc3cccc(CN)c32)c(F)c1. The molecule has 0 fully saturated rings. The smallest absolute Gasteiger partial charge is 0.131 e. The van der Waals surface area contributed by atoms with E-state index in [4.69, 9.17) is 10.5 Å². The minimum atomic E-state index is -0.263. The third kappa shape index (κ3) is 2.50. The molecule has 0 aliphatic heterocycles. The maximum atomic E-state index is 14.1. The van der Waals surface area contributed by atoms with E-state index in [1.54, 1.807) is 12.1 Å². The Morgan fingerprint density at radius 3 is 2.71 bits per heavy atom. The number of halogens is 1. The van der Waals surface area contributed by atoms with Gasteiger partial charge in [-0.2, -0.15) is 0 Å². The van der Waals surface area contributed by atoms with Crippen LogP contribution in [0.1, 0.15) is 11.1 Å². The second kappa shape index (κ2) is 5.58. The Morgan fingerprint density at radius 1 is 1.14 bits per heavy atom. The van der Waals surface area contributed by atoms with Gasteiger partial charge in [-0.05, 0) is 23.1 Å². The standard InChI is InChI=1S/C17H17FN2O/c1-21-15-6-5-14(16(18)9-15)11-20-8-7-12-3-2-4-13(10-19)17(12)20/h2-9H,10-11,19H2,1H3. The fourth-order valence-electron chi connectivity index (χ4n) is 2.60. The van der Waals surface area contributed by atoms with Gasteiger partial charge in [0.2, 0.25) is 0 Å². The van der Waals surface area contributed by atoms with Crippen molar-refractivity contribution in [2.24, 2.45) is 5.73 Å². The monoisotopic (exact) mass is 284 g/mol. The second-order valence-electron chi connectivity index (χ2n) is 4.96. The molecule has 0 saturated heterocycles. The minimum Gasteiger partial charge on any atom is -0.497 e. The number of hydrogen-bond donors (Lipinski definition) is 1. The molecule has 0 aliphatic rings. The average molecular weight is 284 g/mol. The van der Waals surface area contributed by atoms with Gasteiger partial charge in [0, 0.05) is 24.4 Å². The summed E-state index contributed by atoms with van der Waals surface area (Å²) in [4.78, 5) is 0. The summed E-state index contributed by atoms with van der Waals surface area (Å²) >= 11 is 0. The van der Waals surface area contributed by atoms with Crippen LogP contribution in [0.5, 0.6) is 5.75 Å². The highest BCUT2D eigenvalue weighted by atomic mass is 19.1. The van der Waals surface area contributed by atoms with E-state index in [0.717, 1.165) is 16.5 Å². The van der Waals surface area contributed by atoms with Crippen LogP contribution in [0.25, 0.3) is 10.9 Å². The molecule has 0 saturated carbocycles. The molecule has 3 nitrogen and oxygen atoms in total. The Labute approximate surface area is 122 Å². The Kier molecular flexibility index (Phi) is 3.62. The summed E-state index contributed by atoms with van der Waals surface area (Å²) in [5.41, 5.74) is 8.55. The number of fused-ring (bicyclic) bond motifs is 1. The maximum absolute atomic E-state index is 14.1. The zero-order chi connectivity index (χ0) is 14.8. The molecule has 2 N–H and O–H groups in total. The summed E-state index contributed by atoms with van der Waals surface area (Å²) in [5, 5.41) is 1.12. The molecule has 0 radical (unpaired) electrons. The predicted molar refractivity (Wildman–Crippen MR) is 81.9 cm³/mol. The first kappa shape index (κ1) is 13.6. The summed E-state index contributed by atoms with van der Waals surface area (Å²) < 4.78 is 21.2. The normalized spacial score (nSPS) is 11.0.